The van der Waals surface area contributed by atoms with Crippen LogP contribution < -0.4 is 10.1 Å². The number of nitrogens with zero attached hydrogens (tertiary/aromatic N) is 1. The minimum absolute atomic E-state index is 0.0734. The highest BCUT2D eigenvalue weighted by molar-refractivity contribution is 8.00. The molecule has 0 saturated heterocycles. The third-order valence-electron chi connectivity index (χ3n) is 3.73. The number of benzene rings is 2. The molecule has 2 aromatic carbocycles. The summed E-state index contributed by atoms with van der Waals surface area (Å²) in [5.74, 6) is -0.551. The van der Waals surface area contributed by atoms with E-state index in [1.807, 2.05) is 0 Å². The number of halogens is 1. The van der Waals surface area contributed by atoms with Crippen LogP contribution in [0, 0.1) is 0 Å². The number of amides is 2. The zero-order valence-electron chi connectivity index (χ0n) is 16.2. The van der Waals surface area contributed by atoms with Gasteiger partial charge in [0.1, 0.15) is 5.75 Å². The molecule has 0 atom stereocenters. The molecular weight excluding hydrogens is 416 g/mol. The van der Waals surface area contributed by atoms with Gasteiger partial charge in [-0.3, -0.25) is 9.59 Å². The normalized spacial score (nSPS) is 10.2. The molecule has 0 aliphatic rings. The van der Waals surface area contributed by atoms with Crippen molar-refractivity contribution in [2.24, 2.45) is 0 Å². The van der Waals surface area contributed by atoms with E-state index in [1.165, 1.54) is 29.8 Å². The van der Waals surface area contributed by atoms with Crippen LogP contribution in [0.5, 0.6) is 5.75 Å². The molecule has 0 radical (unpaired) electrons. The maximum Gasteiger partial charge on any atom is 0.339 e. The molecule has 154 valence electrons. The summed E-state index contributed by atoms with van der Waals surface area (Å²) in [4.78, 5) is 38.3. The number of ether oxygens (including phenoxy) is 2. The van der Waals surface area contributed by atoms with Gasteiger partial charge in [-0.25, -0.2) is 4.79 Å². The van der Waals surface area contributed by atoms with Gasteiger partial charge in [0.25, 0.3) is 5.91 Å². The summed E-state index contributed by atoms with van der Waals surface area (Å²) in [5, 5.41) is 2.94. The van der Waals surface area contributed by atoms with Crippen LogP contribution in [0.15, 0.2) is 47.4 Å². The third kappa shape index (κ3) is 6.69. The summed E-state index contributed by atoms with van der Waals surface area (Å²) in [6.45, 7) is -0.460. The van der Waals surface area contributed by atoms with Crippen molar-refractivity contribution in [2.45, 2.75) is 4.90 Å². The van der Waals surface area contributed by atoms with Gasteiger partial charge in [-0.15, -0.1) is 11.8 Å². The van der Waals surface area contributed by atoms with Crippen LogP contribution in [0.3, 0.4) is 0 Å². The number of anilines is 1. The SMILES string of the molecule is COc1ccc(NC(=O)COC(=O)c2ccccc2SCC(=O)N(C)C)cc1Cl. The summed E-state index contributed by atoms with van der Waals surface area (Å²) in [5.41, 5.74) is 0.749. The van der Waals surface area contributed by atoms with Crippen LogP contribution in [-0.4, -0.2) is 56.2 Å². The molecule has 9 heteroatoms. The molecule has 7 nitrogen and oxygen atoms in total. The van der Waals surface area contributed by atoms with Gasteiger partial charge in [0.05, 0.1) is 23.4 Å². The van der Waals surface area contributed by atoms with Crippen molar-refractivity contribution in [2.75, 3.05) is 38.9 Å². The Morgan fingerprint density at radius 3 is 2.52 bits per heavy atom. The number of carbonyl (C=O) groups excluding carboxylic acids is 3. The summed E-state index contributed by atoms with van der Waals surface area (Å²) in [7, 11) is 4.82. The first kappa shape index (κ1) is 22.6. The van der Waals surface area contributed by atoms with E-state index < -0.39 is 18.5 Å². The van der Waals surface area contributed by atoms with Gasteiger partial charge in [-0.2, -0.15) is 0 Å². The second-order valence-electron chi connectivity index (χ2n) is 6.05. The van der Waals surface area contributed by atoms with Crippen molar-refractivity contribution in [1.82, 2.24) is 4.90 Å². The van der Waals surface area contributed by atoms with Crippen molar-refractivity contribution < 1.29 is 23.9 Å². The van der Waals surface area contributed by atoms with E-state index in [9.17, 15) is 14.4 Å². The predicted octanol–water partition coefficient (Wildman–Crippen LogP) is 3.32. The summed E-state index contributed by atoms with van der Waals surface area (Å²) >= 11 is 7.25. The van der Waals surface area contributed by atoms with E-state index in [2.05, 4.69) is 5.32 Å². The lowest BCUT2D eigenvalue weighted by molar-refractivity contribution is -0.125. The molecule has 0 unspecified atom stereocenters. The number of hydrogen-bond acceptors (Lipinski definition) is 6. The summed E-state index contributed by atoms with van der Waals surface area (Å²) in [6.07, 6.45) is 0. The Morgan fingerprint density at radius 2 is 1.86 bits per heavy atom. The molecule has 2 amide bonds. The highest BCUT2D eigenvalue weighted by atomic mass is 35.5. The Balaban J connectivity index is 1.94. The molecule has 2 rings (SSSR count). The molecule has 0 aliphatic heterocycles. The van der Waals surface area contributed by atoms with Gasteiger partial charge >= 0.3 is 5.97 Å². The van der Waals surface area contributed by atoms with Crippen LogP contribution in [0.25, 0.3) is 0 Å². The standard InChI is InChI=1S/C20H21ClN2O5S/c1-23(2)19(25)12-29-17-7-5-4-6-14(17)20(26)28-11-18(24)22-13-8-9-16(27-3)15(21)10-13/h4-10H,11-12H2,1-3H3,(H,22,24). The Bertz CT molecular complexity index is 904. The second-order valence-corrected chi connectivity index (χ2v) is 7.47. The van der Waals surface area contributed by atoms with Gasteiger partial charge in [0, 0.05) is 24.7 Å². The Kier molecular flexibility index (Phi) is 8.35. The second kappa shape index (κ2) is 10.7. The molecule has 0 spiro atoms. The number of methoxy groups -OCH3 is 1. The van der Waals surface area contributed by atoms with Crippen LogP contribution in [-0.2, 0) is 14.3 Å². The van der Waals surface area contributed by atoms with Gasteiger partial charge in [0.15, 0.2) is 6.61 Å². The topological polar surface area (TPSA) is 84.9 Å². The van der Waals surface area contributed by atoms with E-state index in [4.69, 9.17) is 21.1 Å². The van der Waals surface area contributed by atoms with Gasteiger partial charge < -0.3 is 19.7 Å². The molecular formula is C20H21ClN2O5S. The first-order valence-corrected chi connectivity index (χ1v) is 9.90. The molecule has 0 aliphatic carbocycles. The fourth-order valence-corrected chi connectivity index (χ4v) is 3.46. The molecule has 0 heterocycles. The number of carbonyl (C=O) groups is 3. The van der Waals surface area contributed by atoms with Crippen molar-refractivity contribution >= 4 is 46.8 Å². The monoisotopic (exact) mass is 436 g/mol. The van der Waals surface area contributed by atoms with Crippen LogP contribution in [0.4, 0.5) is 5.69 Å². The highest BCUT2D eigenvalue weighted by Gasteiger charge is 2.16. The maximum atomic E-state index is 12.4. The van der Waals surface area contributed by atoms with E-state index in [1.54, 1.807) is 50.5 Å². The summed E-state index contributed by atoms with van der Waals surface area (Å²) in [6, 6.07) is 11.5. The quantitative estimate of drug-likeness (QED) is 0.504. The summed E-state index contributed by atoms with van der Waals surface area (Å²) < 4.78 is 10.2. The minimum atomic E-state index is -0.645. The Morgan fingerprint density at radius 1 is 1.14 bits per heavy atom. The van der Waals surface area contributed by atoms with E-state index in [0.717, 1.165) is 0 Å². The molecule has 0 fully saturated rings. The average Bonchev–Trinajstić information content (AvgIpc) is 2.70. The number of hydrogen-bond donors (Lipinski definition) is 1. The van der Waals surface area contributed by atoms with Crippen molar-refractivity contribution in [3.05, 3.63) is 53.1 Å². The molecule has 29 heavy (non-hydrogen) atoms. The molecule has 1 N–H and O–H groups in total. The van der Waals surface area contributed by atoms with Crippen LogP contribution in [0.2, 0.25) is 5.02 Å². The fourth-order valence-electron chi connectivity index (χ4n) is 2.18. The van der Waals surface area contributed by atoms with E-state index in [-0.39, 0.29) is 11.7 Å². The lowest BCUT2D eigenvalue weighted by Crippen LogP contribution is -2.23. The largest absolute Gasteiger partial charge is 0.495 e. The molecule has 0 saturated carbocycles. The smallest absolute Gasteiger partial charge is 0.339 e. The number of nitrogens with one attached hydrogen (secondary N) is 1. The Labute approximate surface area is 178 Å². The van der Waals surface area contributed by atoms with Crippen LogP contribution >= 0.6 is 23.4 Å². The first-order chi connectivity index (χ1) is 13.8. The fraction of sp³-hybridized carbons (Fsp3) is 0.250. The van der Waals surface area contributed by atoms with Crippen molar-refractivity contribution in [1.29, 1.82) is 0 Å². The molecule has 0 aromatic heterocycles. The number of thioether (sulfide) groups is 1. The average molecular weight is 437 g/mol. The van der Waals surface area contributed by atoms with Gasteiger partial charge in [0.2, 0.25) is 5.91 Å². The zero-order chi connectivity index (χ0) is 21.4. The van der Waals surface area contributed by atoms with Crippen molar-refractivity contribution in [3.8, 4) is 5.75 Å². The van der Waals surface area contributed by atoms with E-state index >= 15 is 0 Å². The maximum absolute atomic E-state index is 12.4. The Hall–Kier alpha value is -2.71. The van der Waals surface area contributed by atoms with Crippen LogP contribution in [0.1, 0.15) is 10.4 Å². The first-order valence-electron chi connectivity index (χ1n) is 8.54. The lowest BCUT2D eigenvalue weighted by Gasteiger charge is -2.12. The number of esters is 1. The third-order valence-corrected chi connectivity index (χ3v) is 5.08. The minimum Gasteiger partial charge on any atom is -0.495 e. The highest BCUT2D eigenvalue weighted by Crippen LogP contribution is 2.27. The van der Waals surface area contributed by atoms with Gasteiger partial charge in [-0.05, 0) is 30.3 Å². The van der Waals surface area contributed by atoms with Crippen molar-refractivity contribution in [3.63, 3.8) is 0 Å². The van der Waals surface area contributed by atoms with E-state index in [0.29, 0.717) is 26.9 Å². The van der Waals surface area contributed by atoms with Gasteiger partial charge in [-0.1, -0.05) is 23.7 Å². The lowest BCUT2D eigenvalue weighted by atomic mass is 10.2. The zero-order valence-corrected chi connectivity index (χ0v) is 17.8. The molecule has 2 aromatic rings. The predicted molar refractivity (Wildman–Crippen MR) is 113 cm³/mol. The molecule has 0 bridgehead atoms. The number of rotatable bonds is 8.